The van der Waals surface area contributed by atoms with Gasteiger partial charge >= 0.3 is 29.8 Å². The Hall–Kier alpha value is -14.3. The summed E-state index contributed by atoms with van der Waals surface area (Å²) >= 11 is 6.28. The molecule has 10 aromatic carbocycles. The highest BCUT2D eigenvalue weighted by molar-refractivity contribution is 6.35. The van der Waals surface area contributed by atoms with Gasteiger partial charge in [0.2, 0.25) is 11.2 Å². The molecule has 0 fully saturated rings. The standard InChI is InChI=1S/C17H11ClFNO2.C17H12FNO3.C17H12FNO2.C16H10FNO2.C9H7NO5.C8H7FO/c1-22-17(21)11-4-7-13-14(18)9-15(20-16(13)8-11)10-2-5-12(19)6-3-10;1-22-17(20)13-3-2-12-6-9-15(19(21)16(12)10-13)11-4-7-14(18)8-5-11;1-21-17(20)13-3-2-12-6-9-15(19-16(12)10-13)11-4-7-14(18)8-5-11;17-13-6-3-10(4-7-13)14-8-5-11-1-2-12(16(19)20)9-15(11)18-14;1-15-9(12)6-2-3-7(5-11)8(4-6)10(13)14;1-6(10)7-2-4-8(9)5-3-7/h2-9H,1H3;2-10H,1H3;2-10H,1H3;1-9H,(H,19,20);2-5H,1H3;2-5H,1H3. The van der Waals surface area contributed by atoms with E-state index in [1.165, 1.54) is 145 Å². The van der Waals surface area contributed by atoms with E-state index >= 15 is 0 Å². The normalized spacial score (nSPS) is 10.4. The van der Waals surface area contributed by atoms with Gasteiger partial charge in [-0.3, -0.25) is 19.7 Å². The number of hydrogen-bond acceptors (Lipinski definition) is 17. The number of hydrogen-bond donors (Lipinski definition) is 1. The molecule has 0 unspecified atom stereocenters. The van der Waals surface area contributed by atoms with Crippen LogP contribution in [-0.2, 0) is 18.9 Å². The fourth-order valence-electron chi connectivity index (χ4n) is 10.4. The quantitative estimate of drug-likeness (QED) is 0.0137. The summed E-state index contributed by atoms with van der Waals surface area (Å²) in [5.41, 5.74) is 9.02. The van der Waals surface area contributed by atoms with E-state index in [0.717, 1.165) is 49.3 Å². The zero-order chi connectivity index (χ0) is 79.3. The molecule has 110 heavy (non-hydrogen) atoms. The van der Waals surface area contributed by atoms with Crippen LogP contribution in [0, 0.1) is 44.4 Å². The third-order valence-electron chi connectivity index (χ3n) is 16.1. The first-order valence-corrected chi connectivity index (χ1v) is 32.9. The van der Waals surface area contributed by atoms with Crippen molar-refractivity contribution in [3.8, 4) is 45.0 Å². The van der Waals surface area contributed by atoms with Gasteiger partial charge in [-0.05, 0) is 213 Å². The van der Waals surface area contributed by atoms with Crippen LogP contribution in [0.2, 0.25) is 5.02 Å². The van der Waals surface area contributed by atoms with Gasteiger partial charge in [-0.25, -0.2) is 60.9 Å². The molecule has 0 aliphatic heterocycles. The summed E-state index contributed by atoms with van der Waals surface area (Å²) in [4.78, 5) is 101. The first kappa shape index (κ1) is 79.8. The van der Waals surface area contributed by atoms with Gasteiger partial charge in [-0.15, -0.1) is 0 Å². The minimum atomic E-state index is -0.985. The van der Waals surface area contributed by atoms with Crippen molar-refractivity contribution in [2.24, 2.45) is 0 Å². The molecule has 0 radical (unpaired) electrons. The van der Waals surface area contributed by atoms with Gasteiger partial charge in [0.1, 0.15) is 29.1 Å². The number of fused-ring (bicyclic) bond motifs is 4. The lowest BCUT2D eigenvalue weighted by Crippen LogP contribution is -2.30. The Balaban J connectivity index is 0.000000154. The predicted molar refractivity (Wildman–Crippen MR) is 402 cm³/mol. The molecular formula is C84H59ClF5N5O15. The van der Waals surface area contributed by atoms with Gasteiger partial charge in [0.15, 0.2) is 12.1 Å². The average Bonchev–Trinajstić information content (AvgIpc) is 0.794. The van der Waals surface area contributed by atoms with Crippen LogP contribution in [0.4, 0.5) is 27.6 Å². The molecule has 0 aliphatic carbocycles. The predicted octanol–water partition coefficient (Wildman–Crippen LogP) is 18.3. The number of Topliss-reactive ketones (excluding diaryl/α,β-unsaturated/α-hetero) is 1. The number of aldehydes is 1. The minimum absolute atomic E-state index is 0.0369. The summed E-state index contributed by atoms with van der Waals surface area (Å²) in [5.74, 6) is -4.64. The summed E-state index contributed by atoms with van der Waals surface area (Å²) < 4.78 is 83.3. The fraction of sp³-hybridized carbons (Fsp3) is 0.0595. The van der Waals surface area contributed by atoms with E-state index in [-0.39, 0.29) is 51.6 Å². The summed E-state index contributed by atoms with van der Waals surface area (Å²) in [6.45, 7) is 1.45. The number of rotatable bonds is 12. The second kappa shape index (κ2) is 37.1. The Morgan fingerprint density at radius 2 is 0.764 bits per heavy atom. The molecule has 0 atom stereocenters. The van der Waals surface area contributed by atoms with E-state index in [9.17, 15) is 70.8 Å². The number of ketones is 1. The van der Waals surface area contributed by atoms with Crippen molar-refractivity contribution >= 4 is 103 Å². The van der Waals surface area contributed by atoms with Crippen molar-refractivity contribution in [3.63, 3.8) is 0 Å². The number of nitro groups is 1. The van der Waals surface area contributed by atoms with Crippen molar-refractivity contribution in [2.75, 3.05) is 28.4 Å². The highest BCUT2D eigenvalue weighted by Crippen LogP contribution is 2.31. The van der Waals surface area contributed by atoms with Crippen molar-refractivity contribution in [2.45, 2.75) is 6.92 Å². The Bertz CT molecular complexity index is 5790. The van der Waals surface area contributed by atoms with E-state index in [1.807, 2.05) is 30.3 Å². The van der Waals surface area contributed by atoms with Gasteiger partial charge in [0, 0.05) is 67.6 Å². The number of pyridine rings is 4. The first-order valence-electron chi connectivity index (χ1n) is 32.5. The largest absolute Gasteiger partial charge is 0.618 e. The number of nitrogens with zero attached hydrogens (tertiary/aromatic N) is 5. The number of nitro benzene ring substituents is 1. The molecule has 4 aromatic heterocycles. The third kappa shape index (κ3) is 20.6. The van der Waals surface area contributed by atoms with E-state index in [0.29, 0.717) is 83.7 Å². The highest BCUT2D eigenvalue weighted by atomic mass is 35.5. The van der Waals surface area contributed by atoms with Crippen LogP contribution in [-0.4, -0.2) is 95.3 Å². The molecule has 0 saturated carbocycles. The fourth-order valence-corrected chi connectivity index (χ4v) is 10.7. The number of aromatic nitrogens is 4. The number of aromatic carboxylic acids is 1. The zero-order valence-electron chi connectivity index (χ0n) is 58.5. The Labute approximate surface area is 627 Å². The van der Waals surface area contributed by atoms with Gasteiger partial charge in [0.05, 0.1) is 105 Å². The molecule has 0 spiro atoms. The maximum absolute atomic E-state index is 13.0. The number of carbonyl (C=O) groups excluding carboxylic acids is 6. The van der Waals surface area contributed by atoms with Gasteiger partial charge in [-0.2, -0.15) is 4.73 Å². The number of benzene rings is 10. The van der Waals surface area contributed by atoms with Crippen molar-refractivity contribution < 1.29 is 89.2 Å². The summed E-state index contributed by atoms with van der Waals surface area (Å²) in [5, 5.41) is 35.8. The Kier molecular flexibility index (Phi) is 26.9. The summed E-state index contributed by atoms with van der Waals surface area (Å²) in [7, 11) is 5.12. The third-order valence-corrected chi connectivity index (χ3v) is 16.4. The van der Waals surface area contributed by atoms with Crippen LogP contribution in [0.1, 0.15) is 79.4 Å². The Morgan fingerprint density at radius 1 is 0.418 bits per heavy atom. The molecule has 0 bridgehead atoms. The minimum Gasteiger partial charge on any atom is -0.618 e. The van der Waals surface area contributed by atoms with Crippen LogP contribution in [0.15, 0.2) is 255 Å². The van der Waals surface area contributed by atoms with Gasteiger partial charge < -0.3 is 29.3 Å². The molecule has 14 rings (SSSR count). The molecule has 14 aromatic rings. The first-order chi connectivity index (χ1) is 52.8. The number of halogens is 6. The van der Waals surface area contributed by atoms with Crippen LogP contribution in [0.5, 0.6) is 0 Å². The Morgan fingerprint density at radius 3 is 1.20 bits per heavy atom. The molecule has 4 heterocycles. The number of carbonyl (C=O) groups is 7. The topological polar surface area (TPSA) is 285 Å². The van der Waals surface area contributed by atoms with Crippen LogP contribution < -0.4 is 4.73 Å². The molecule has 0 amide bonds. The number of ether oxygens (including phenoxy) is 4. The molecule has 0 aliphatic rings. The average molecular weight is 1510 g/mol. The van der Waals surface area contributed by atoms with Crippen LogP contribution >= 0.6 is 11.6 Å². The van der Waals surface area contributed by atoms with E-state index in [2.05, 4.69) is 24.4 Å². The lowest BCUT2D eigenvalue weighted by atomic mass is 10.1. The number of methoxy groups -OCH3 is 4. The number of carboxylic acids is 1. The van der Waals surface area contributed by atoms with E-state index < -0.39 is 40.5 Å². The second-order valence-corrected chi connectivity index (χ2v) is 23.6. The molecule has 20 nitrogen and oxygen atoms in total. The smallest absolute Gasteiger partial charge is 0.338 e. The van der Waals surface area contributed by atoms with Crippen molar-refractivity contribution in [1.29, 1.82) is 0 Å². The van der Waals surface area contributed by atoms with Crippen molar-refractivity contribution in [3.05, 3.63) is 343 Å². The van der Waals surface area contributed by atoms with Gasteiger partial charge in [0.25, 0.3) is 5.69 Å². The molecule has 1 N–H and O–H groups in total. The highest BCUT2D eigenvalue weighted by Gasteiger charge is 2.20. The molecular weight excluding hydrogens is 1450 g/mol. The van der Waals surface area contributed by atoms with E-state index in [4.69, 9.17) is 26.2 Å². The van der Waals surface area contributed by atoms with Crippen molar-refractivity contribution in [1.82, 2.24) is 15.0 Å². The van der Waals surface area contributed by atoms with Crippen LogP contribution in [0.3, 0.4) is 0 Å². The SMILES string of the molecule is CC(=O)c1ccc(F)cc1.COC(=O)c1ccc(C=O)c([N+](=O)[O-])c1.COC(=O)c1ccc2c(Cl)cc(-c3ccc(F)cc3)nc2c1.COC(=O)c1ccc2ccc(-c3ccc(F)cc3)[n+]([O-])c2c1.COC(=O)c1ccc2ccc(-c3ccc(F)cc3)nc2c1.O=C(O)c1ccc2ccc(-c3ccc(F)cc3)nc2c1. The summed E-state index contributed by atoms with van der Waals surface area (Å²) in [6, 6.07) is 65.2. The molecule has 0 saturated heterocycles. The maximum Gasteiger partial charge on any atom is 0.338 e. The van der Waals surface area contributed by atoms with E-state index in [1.54, 1.807) is 109 Å². The lowest BCUT2D eigenvalue weighted by Gasteiger charge is -2.08. The zero-order valence-corrected chi connectivity index (χ0v) is 59.2. The number of esters is 4. The molecule has 552 valence electrons. The lowest BCUT2D eigenvalue weighted by molar-refractivity contribution is -0.565. The maximum atomic E-state index is 13.0. The second-order valence-electron chi connectivity index (χ2n) is 23.2. The van der Waals surface area contributed by atoms with Gasteiger partial charge in [-0.1, -0.05) is 41.9 Å². The summed E-state index contributed by atoms with van der Waals surface area (Å²) in [6.07, 6.45) is 0.360. The monoisotopic (exact) mass is 1510 g/mol. The number of carboxylic acid groups (broad SMARTS) is 1. The van der Waals surface area contributed by atoms with Crippen LogP contribution in [0.25, 0.3) is 88.6 Å². The molecule has 26 heteroatoms.